The van der Waals surface area contributed by atoms with Crippen molar-refractivity contribution in [1.82, 2.24) is 9.55 Å². The Labute approximate surface area is 111 Å². The molecule has 0 bridgehead atoms. The van der Waals surface area contributed by atoms with E-state index in [1.54, 1.807) is 21.0 Å². The summed E-state index contributed by atoms with van der Waals surface area (Å²) in [5.74, 6) is 0.701. The van der Waals surface area contributed by atoms with Gasteiger partial charge in [-0.05, 0) is 26.0 Å². The molecule has 0 radical (unpaired) electrons. The number of carboxylic acids is 1. The lowest BCUT2D eigenvalue weighted by Crippen LogP contribution is -2.27. The lowest BCUT2D eigenvalue weighted by atomic mass is 9.89. The topological polar surface area (TPSA) is 64.3 Å². The van der Waals surface area contributed by atoms with Crippen molar-refractivity contribution in [3.8, 4) is 5.75 Å². The molecule has 0 fully saturated rings. The lowest BCUT2D eigenvalue weighted by molar-refractivity contribution is -0.146. The molecule has 0 aliphatic rings. The van der Waals surface area contributed by atoms with Crippen LogP contribution in [-0.4, -0.2) is 27.7 Å². The fraction of sp³-hybridized carbons (Fsp3) is 0.429. The summed E-state index contributed by atoms with van der Waals surface area (Å²) in [4.78, 5) is 15.7. The zero-order valence-corrected chi connectivity index (χ0v) is 11.6. The first kappa shape index (κ1) is 13.4. The van der Waals surface area contributed by atoms with Crippen molar-refractivity contribution < 1.29 is 14.6 Å². The Morgan fingerprint density at radius 1 is 1.47 bits per heavy atom. The van der Waals surface area contributed by atoms with Crippen LogP contribution in [0.15, 0.2) is 18.2 Å². The van der Waals surface area contributed by atoms with Crippen LogP contribution in [0.4, 0.5) is 0 Å². The second kappa shape index (κ2) is 4.57. The standard InChI is InChI=1S/C14H18N2O3/c1-14(2,13(17)18)8-12-15-10-6-5-9(19-4)7-11(10)16(12)3/h5-7H,8H2,1-4H3,(H,17,18). The zero-order chi connectivity index (χ0) is 14.2. The van der Waals surface area contributed by atoms with Gasteiger partial charge in [0.2, 0.25) is 0 Å². The first-order valence-electron chi connectivity index (χ1n) is 6.08. The molecule has 0 atom stereocenters. The van der Waals surface area contributed by atoms with Gasteiger partial charge in [-0.3, -0.25) is 4.79 Å². The fourth-order valence-corrected chi connectivity index (χ4v) is 1.98. The summed E-state index contributed by atoms with van der Waals surface area (Å²) in [6.07, 6.45) is 0.385. The minimum absolute atomic E-state index is 0.385. The lowest BCUT2D eigenvalue weighted by Gasteiger charge is -2.18. The minimum atomic E-state index is -0.834. The number of rotatable bonds is 4. The Bertz CT molecular complexity index is 629. The SMILES string of the molecule is COc1ccc2nc(CC(C)(C)C(=O)O)n(C)c2c1. The number of ether oxygens (including phenoxy) is 1. The summed E-state index contributed by atoms with van der Waals surface area (Å²) >= 11 is 0. The van der Waals surface area contributed by atoms with E-state index in [1.807, 2.05) is 29.8 Å². The summed E-state index contributed by atoms with van der Waals surface area (Å²) < 4.78 is 7.11. The van der Waals surface area contributed by atoms with Crippen molar-refractivity contribution in [2.24, 2.45) is 12.5 Å². The molecule has 2 rings (SSSR count). The van der Waals surface area contributed by atoms with Gasteiger partial charge < -0.3 is 14.4 Å². The largest absolute Gasteiger partial charge is 0.497 e. The molecule has 5 nitrogen and oxygen atoms in total. The van der Waals surface area contributed by atoms with E-state index in [2.05, 4.69) is 4.98 Å². The van der Waals surface area contributed by atoms with E-state index in [0.29, 0.717) is 6.42 Å². The summed E-state index contributed by atoms with van der Waals surface area (Å²) in [6.45, 7) is 3.41. The number of imidazole rings is 1. The van der Waals surface area contributed by atoms with E-state index in [-0.39, 0.29) is 0 Å². The zero-order valence-electron chi connectivity index (χ0n) is 11.6. The van der Waals surface area contributed by atoms with E-state index in [9.17, 15) is 9.90 Å². The predicted octanol–water partition coefficient (Wildman–Crippen LogP) is 2.24. The van der Waals surface area contributed by atoms with Gasteiger partial charge in [0.25, 0.3) is 0 Å². The van der Waals surface area contributed by atoms with Crippen LogP contribution in [0.3, 0.4) is 0 Å². The van der Waals surface area contributed by atoms with E-state index in [4.69, 9.17) is 4.74 Å². The number of methoxy groups -OCH3 is 1. The van der Waals surface area contributed by atoms with Gasteiger partial charge in [-0.25, -0.2) is 4.98 Å². The fourth-order valence-electron chi connectivity index (χ4n) is 1.98. The number of carbonyl (C=O) groups is 1. The number of carboxylic acid groups (broad SMARTS) is 1. The number of fused-ring (bicyclic) bond motifs is 1. The highest BCUT2D eigenvalue weighted by Crippen LogP contribution is 2.26. The van der Waals surface area contributed by atoms with Gasteiger partial charge in [0.05, 0.1) is 23.6 Å². The summed E-state index contributed by atoms with van der Waals surface area (Å²) in [6, 6.07) is 5.63. The number of benzene rings is 1. The average Bonchev–Trinajstić information content (AvgIpc) is 2.65. The highest BCUT2D eigenvalue weighted by molar-refractivity contribution is 5.78. The Morgan fingerprint density at radius 3 is 2.74 bits per heavy atom. The average molecular weight is 262 g/mol. The van der Waals surface area contributed by atoms with Crippen LogP contribution < -0.4 is 4.74 Å². The Balaban J connectivity index is 2.45. The molecule has 0 saturated heterocycles. The molecule has 5 heteroatoms. The Hall–Kier alpha value is -2.04. The molecule has 1 aromatic carbocycles. The molecule has 102 valence electrons. The number of hydrogen-bond acceptors (Lipinski definition) is 3. The summed E-state index contributed by atoms with van der Waals surface area (Å²) in [5.41, 5.74) is 0.953. The van der Waals surface area contributed by atoms with E-state index >= 15 is 0 Å². The quantitative estimate of drug-likeness (QED) is 0.917. The maximum atomic E-state index is 11.2. The second-order valence-corrected chi connectivity index (χ2v) is 5.31. The number of hydrogen-bond donors (Lipinski definition) is 1. The first-order chi connectivity index (χ1) is 8.85. The van der Waals surface area contributed by atoms with Crippen molar-refractivity contribution in [2.75, 3.05) is 7.11 Å². The Kier molecular flexibility index (Phi) is 3.22. The highest BCUT2D eigenvalue weighted by atomic mass is 16.5. The van der Waals surface area contributed by atoms with Crippen LogP contribution in [0.2, 0.25) is 0 Å². The third-order valence-corrected chi connectivity index (χ3v) is 3.36. The van der Waals surface area contributed by atoms with Crippen molar-refractivity contribution in [1.29, 1.82) is 0 Å². The van der Waals surface area contributed by atoms with Crippen molar-refractivity contribution >= 4 is 17.0 Å². The van der Waals surface area contributed by atoms with Crippen LogP contribution in [0.1, 0.15) is 19.7 Å². The molecule has 0 amide bonds. The maximum absolute atomic E-state index is 11.2. The van der Waals surface area contributed by atoms with Crippen LogP contribution in [0.25, 0.3) is 11.0 Å². The number of aliphatic carboxylic acids is 1. The highest BCUT2D eigenvalue weighted by Gasteiger charge is 2.29. The van der Waals surface area contributed by atoms with Crippen LogP contribution in [0, 0.1) is 5.41 Å². The molecule has 0 unspecified atom stereocenters. The van der Waals surface area contributed by atoms with Gasteiger partial charge in [-0.1, -0.05) is 0 Å². The first-order valence-corrected chi connectivity index (χ1v) is 6.08. The normalized spacial score (nSPS) is 11.8. The van der Waals surface area contributed by atoms with E-state index in [1.165, 1.54) is 0 Å². The Morgan fingerprint density at radius 2 is 2.16 bits per heavy atom. The van der Waals surface area contributed by atoms with Gasteiger partial charge in [0.15, 0.2) is 0 Å². The summed E-state index contributed by atoms with van der Waals surface area (Å²) in [5, 5.41) is 9.19. The molecule has 1 heterocycles. The molecule has 0 aliphatic heterocycles. The monoisotopic (exact) mass is 262 g/mol. The maximum Gasteiger partial charge on any atom is 0.309 e. The van der Waals surface area contributed by atoms with Gasteiger partial charge in [0, 0.05) is 19.5 Å². The van der Waals surface area contributed by atoms with Crippen LogP contribution in [-0.2, 0) is 18.3 Å². The van der Waals surface area contributed by atoms with Crippen molar-refractivity contribution in [3.63, 3.8) is 0 Å². The molecular weight excluding hydrogens is 244 g/mol. The second-order valence-electron chi connectivity index (χ2n) is 5.31. The van der Waals surface area contributed by atoms with Gasteiger partial charge in [-0.2, -0.15) is 0 Å². The van der Waals surface area contributed by atoms with Crippen LogP contribution in [0.5, 0.6) is 5.75 Å². The smallest absolute Gasteiger partial charge is 0.309 e. The third-order valence-electron chi connectivity index (χ3n) is 3.36. The third kappa shape index (κ3) is 2.41. The molecule has 1 N–H and O–H groups in total. The number of aromatic nitrogens is 2. The van der Waals surface area contributed by atoms with Gasteiger partial charge >= 0.3 is 5.97 Å². The molecule has 0 spiro atoms. The molecule has 1 aromatic heterocycles. The molecule has 0 aliphatic carbocycles. The minimum Gasteiger partial charge on any atom is -0.497 e. The van der Waals surface area contributed by atoms with Gasteiger partial charge in [-0.15, -0.1) is 0 Å². The molecule has 2 aromatic rings. The summed E-state index contributed by atoms with van der Waals surface area (Å²) in [7, 11) is 3.51. The molecular formula is C14H18N2O3. The van der Waals surface area contributed by atoms with Crippen molar-refractivity contribution in [3.05, 3.63) is 24.0 Å². The van der Waals surface area contributed by atoms with Gasteiger partial charge in [0.1, 0.15) is 11.6 Å². The van der Waals surface area contributed by atoms with E-state index in [0.717, 1.165) is 22.6 Å². The number of nitrogens with zero attached hydrogens (tertiary/aromatic N) is 2. The predicted molar refractivity (Wildman–Crippen MR) is 72.4 cm³/mol. The molecule has 0 saturated carbocycles. The number of aryl methyl sites for hydroxylation is 1. The van der Waals surface area contributed by atoms with Crippen molar-refractivity contribution in [2.45, 2.75) is 20.3 Å². The molecule has 19 heavy (non-hydrogen) atoms. The van der Waals surface area contributed by atoms with Crippen LogP contribution >= 0.6 is 0 Å². The van der Waals surface area contributed by atoms with E-state index < -0.39 is 11.4 Å².